The molecule has 20 heavy (non-hydrogen) atoms. The van der Waals surface area contributed by atoms with Gasteiger partial charge in [0.25, 0.3) is 0 Å². The van der Waals surface area contributed by atoms with E-state index in [9.17, 15) is 9.90 Å². The minimum absolute atomic E-state index is 0.514. The molecule has 106 valence electrons. The number of aliphatic carboxylic acids is 1. The largest absolute Gasteiger partial charge is 0.481 e. The zero-order valence-electron chi connectivity index (χ0n) is 11.7. The van der Waals surface area contributed by atoms with E-state index >= 15 is 0 Å². The van der Waals surface area contributed by atoms with E-state index in [1.807, 2.05) is 12.1 Å². The lowest BCUT2D eigenvalue weighted by Crippen LogP contribution is -2.29. The second kappa shape index (κ2) is 6.11. The van der Waals surface area contributed by atoms with Crippen LogP contribution in [0.2, 0.25) is 0 Å². The number of rotatable bonds is 2. The van der Waals surface area contributed by atoms with Gasteiger partial charge in [-0.1, -0.05) is 30.4 Å². The lowest BCUT2D eigenvalue weighted by atomic mass is 9.85. The van der Waals surface area contributed by atoms with Crippen molar-refractivity contribution in [3.05, 3.63) is 35.4 Å². The smallest absolute Gasteiger partial charge is 0.310 e. The van der Waals surface area contributed by atoms with Gasteiger partial charge in [0, 0.05) is 5.56 Å². The van der Waals surface area contributed by atoms with Gasteiger partial charge < -0.3 is 10.2 Å². The summed E-state index contributed by atoms with van der Waals surface area (Å²) in [5.74, 6) is 4.63. The zero-order valence-corrected chi connectivity index (χ0v) is 11.7. The van der Waals surface area contributed by atoms with E-state index in [1.54, 1.807) is 19.1 Å². The summed E-state index contributed by atoms with van der Waals surface area (Å²) in [7, 11) is 0. The number of hydrogen-bond donors (Lipinski definition) is 2. The first kappa shape index (κ1) is 14.6. The number of carboxylic acid groups (broad SMARTS) is 1. The van der Waals surface area contributed by atoms with Gasteiger partial charge >= 0.3 is 5.97 Å². The molecule has 0 aliphatic heterocycles. The summed E-state index contributed by atoms with van der Waals surface area (Å²) in [6, 6.07) is 7.20. The van der Waals surface area contributed by atoms with Crippen molar-refractivity contribution in [2.45, 2.75) is 50.5 Å². The minimum Gasteiger partial charge on any atom is -0.481 e. The van der Waals surface area contributed by atoms with Gasteiger partial charge in [0.2, 0.25) is 0 Å². The third-order valence-corrected chi connectivity index (χ3v) is 3.90. The first-order chi connectivity index (χ1) is 9.50. The van der Waals surface area contributed by atoms with E-state index in [2.05, 4.69) is 11.8 Å². The average Bonchev–Trinajstić information content (AvgIpc) is 2.46. The second-order valence-corrected chi connectivity index (χ2v) is 5.52. The van der Waals surface area contributed by atoms with Gasteiger partial charge in [0.1, 0.15) is 5.60 Å². The van der Waals surface area contributed by atoms with Gasteiger partial charge in [-0.25, -0.2) is 0 Å². The molecule has 2 rings (SSSR count). The summed E-state index contributed by atoms with van der Waals surface area (Å²) >= 11 is 0. The van der Waals surface area contributed by atoms with E-state index in [-0.39, 0.29) is 0 Å². The maximum Gasteiger partial charge on any atom is 0.310 e. The molecular formula is C17H20O3. The van der Waals surface area contributed by atoms with Crippen LogP contribution in [0.3, 0.4) is 0 Å². The van der Waals surface area contributed by atoms with Crippen LogP contribution in [0.4, 0.5) is 0 Å². The summed E-state index contributed by atoms with van der Waals surface area (Å²) in [6.45, 7) is 1.66. The Morgan fingerprint density at radius 3 is 2.35 bits per heavy atom. The third kappa shape index (κ3) is 3.61. The monoisotopic (exact) mass is 272 g/mol. The number of carboxylic acids is 1. The Bertz CT molecular complexity index is 528. The van der Waals surface area contributed by atoms with Crippen molar-refractivity contribution in [1.29, 1.82) is 0 Å². The normalized spacial score (nSPS) is 18.7. The highest BCUT2D eigenvalue weighted by Crippen LogP contribution is 2.27. The van der Waals surface area contributed by atoms with Crippen molar-refractivity contribution in [3.63, 3.8) is 0 Å². The van der Waals surface area contributed by atoms with Crippen LogP contribution >= 0.6 is 0 Å². The molecule has 1 unspecified atom stereocenters. The Morgan fingerprint density at radius 1 is 1.20 bits per heavy atom. The van der Waals surface area contributed by atoms with Crippen LogP contribution in [0.25, 0.3) is 0 Å². The first-order valence-corrected chi connectivity index (χ1v) is 7.08. The van der Waals surface area contributed by atoms with Crippen molar-refractivity contribution in [1.82, 2.24) is 0 Å². The Kier molecular flexibility index (Phi) is 4.46. The van der Waals surface area contributed by atoms with Crippen molar-refractivity contribution in [2.75, 3.05) is 0 Å². The van der Waals surface area contributed by atoms with E-state index < -0.39 is 17.5 Å². The molecule has 0 bridgehead atoms. The number of benzene rings is 1. The van der Waals surface area contributed by atoms with E-state index in [1.165, 1.54) is 6.42 Å². The number of aliphatic hydroxyl groups is 1. The van der Waals surface area contributed by atoms with Crippen molar-refractivity contribution >= 4 is 5.97 Å². The summed E-state index contributed by atoms with van der Waals surface area (Å²) in [4.78, 5) is 10.9. The number of hydrogen-bond acceptors (Lipinski definition) is 2. The molecule has 0 spiro atoms. The van der Waals surface area contributed by atoms with Crippen LogP contribution in [0, 0.1) is 11.8 Å². The minimum atomic E-state index is -0.842. The zero-order chi connectivity index (χ0) is 14.6. The Morgan fingerprint density at radius 2 is 1.80 bits per heavy atom. The highest BCUT2D eigenvalue weighted by Gasteiger charge is 2.26. The molecule has 0 amide bonds. The van der Waals surface area contributed by atoms with E-state index in [0.29, 0.717) is 0 Å². The predicted octanol–water partition coefficient (Wildman–Crippen LogP) is 2.92. The lowest BCUT2D eigenvalue weighted by Gasteiger charge is -2.26. The molecule has 1 fully saturated rings. The average molecular weight is 272 g/mol. The van der Waals surface area contributed by atoms with Crippen LogP contribution in [-0.4, -0.2) is 21.8 Å². The van der Waals surface area contributed by atoms with Crippen LogP contribution in [0.5, 0.6) is 0 Å². The molecule has 1 aromatic rings. The van der Waals surface area contributed by atoms with Crippen molar-refractivity contribution in [3.8, 4) is 11.8 Å². The third-order valence-electron chi connectivity index (χ3n) is 3.90. The summed E-state index contributed by atoms with van der Waals surface area (Å²) in [6.07, 6.45) is 4.72. The second-order valence-electron chi connectivity index (χ2n) is 5.52. The molecular weight excluding hydrogens is 252 g/mol. The Hall–Kier alpha value is -1.79. The molecule has 0 saturated heterocycles. The van der Waals surface area contributed by atoms with Crippen LogP contribution in [0.15, 0.2) is 24.3 Å². The van der Waals surface area contributed by atoms with E-state index in [4.69, 9.17) is 5.11 Å². The van der Waals surface area contributed by atoms with Gasteiger partial charge in [-0.05, 0) is 50.3 Å². The summed E-state index contributed by atoms with van der Waals surface area (Å²) < 4.78 is 0. The van der Waals surface area contributed by atoms with Gasteiger partial charge in [0.15, 0.2) is 0 Å². The van der Waals surface area contributed by atoms with Crippen molar-refractivity contribution < 1.29 is 15.0 Å². The Balaban J connectivity index is 2.09. The summed E-state index contributed by atoms with van der Waals surface area (Å²) in [5.41, 5.74) is 0.732. The maximum atomic E-state index is 10.9. The Labute approximate surface area is 119 Å². The molecule has 1 aromatic carbocycles. The van der Waals surface area contributed by atoms with Crippen LogP contribution < -0.4 is 0 Å². The maximum absolute atomic E-state index is 10.9. The highest BCUT2D eigenvalue weighted by atomic mass is 16.4. The molecule has 2 N–H and O–H groups in total. The van der Waals surface area contributed by atoms with Gasteiger partial charge in [-0.3, -0.25) is 4.79 Å². The molecule has 3 heteroatoms. The fraction of sp³-hybridized carbons (Fsp3) is 0.471. The van der Waals surface area contributed by atoms with Crippen LogP contribution in [0.1, 0.15) is 56.1 Å². The van der Waals surface area contributed by atoms with E-state index in [0.717, 1.165) is 36.8 Å². The summed E-state index contributed by atoms with van der Waals surface area (Å²) in [5, 5.41) is 19.2. The topological polar surface area (TPSA) is 57.5 Å². The van der Waals surface area contributed by atoms with Crippen LogP contribution in [-0.2, 0) is 4.79 Å². The fourth-order valence-corrected chi connectivity index (χ4v) is 2.45. The van der Waals surface area contributed by atoms with Gasteiger partial charge in [-0.15, -0.1) is 0 Å². The molecule has 0 radical (unpaired) electrons. The highest BCUT2D eigenvalue weighted by molar-refractivity contribution is 5.75. The standard InChI is InChI=1S/C17H20O3/c1-13(16(18)19)15-7-5-14(6-8-15)9-12-17(20)10-3-2-4-11-17/h5-8,13,20H,2-4,10-11H2,1H3,(H,18,19). The molecule has 1 aliphatic carbocycles. The number of carbonyl (C=O) groups is 1. The fourth-order valence-electron chi connectivity index (χ4n) is 2.45. The van der Waals surface area contributed by atoms with Crippen molar-refractivity contribution in [2.24, 2.45) is 0 Å². The first-order valence-electron chi connectivity index (χ1n) is 7.08. The van der Waals surface area contributed by atoms with Gasteiger partial charge in [-0.2, -0.15) is 0 Å². The molecule has 1 atom stereocenters. The molecule has 0 aromatic heterocycles. The SMILES string of the molecule is CC(C(=O)O)c1ccc(C#CC2(O)CCCCC2)cc1. The molecule has 0 heterocycles. The molecule has 1 aliphatic rings. The molecule has 1 saturated carbocycles. The quantitative estimate of drug-likeness (QED) is 0.814. The molecule has 3 nitrogen and oxygen atoms in total. The van der Waals surface area contributed by atoms with Gasteiger partial charge in [0.05, 0.1) is 5.92 Å². The predicted molar refractivity (Wildman–Crippen MR) is 77.4 cm³/mol. The lowest BCUT2D eigenvalue weighted by molar-refractivity contribution is -0.138.